The molecule has 0 aliphatic heterocycles. The number of carbonyl (C=O) groups is 1. The Morgan fingerprint density at radius 3 is 2.75 bits per heavy atom. The number of thioether (sulfide) groups is 1. The minimum absolute atomic E-state index is 0.00310. The molecule has 0 fully saturated rings. The summed E-state index contributed by atoms with van der Waals surface area (Å²) in [6.45, 7) is 0. The number of carbonyl (C=O) groups excluding carboxylic acids is 1. The SMILES string of the molecule is Nc1nonc1-n1nnc(C(=O)N/N=C\c2ccc(F)cc2F)c1CSc1ccccc1. The van der Waals surface area contributed by atoms with Gasteiger partial charge in [-0.25, -0.2) is 18.8 Å². The van der Waals surface area contributed by atoms with Crippen LogP contribution in [-0.2, 0) is 5.75 Å². The van der Waals surface area contributed by atoms with Crippen LogP contribution < -0.4 is 11.2 Å². The van der Waals surface area contributed by atoms with Crippen molar-refractivity contribution in [2.45, 2.75) is 10.6 Å². The van der Waals surface area contributed by atoms with Crippen molar-refractivity contribution < 1.29 is 18.2 Å². The molecular formula is C19H14F2N8O2S. The molecule has 1 amide bonds. The average molecular weight is 456 g/mol. The van der Waals surface area contributed by atoms with E-state index in [4.69, 9.17) is 5.73 Å². The van der Waals surface area contributed by atoms with Crippen LogP contribution in [0.3, 0.4) is 0 Å². The zero-order valence-electron chi connectivity index (χ0n) is 16.1. The van der Waals surface area contributed by atoms with Gasteiger partial charge in [-0.2, -0.15) is 9.78 Å². The number of hydrazone groups is 1. The van der Waals surface area contributed by atoms with Crippen molar-refractivity contribution >= 4 is 29.7 Å². The Bertz CT molecular complexity index is 1280. The van der Waals surface area contributed by atoms with Crippen LogP contribution >= 0.6 is 11.8 Å². The zero-order chi connectivity index (χ0) is 22.5. The largest absolute Gasteiger partial charge is 0.378 e. The van der Waals surface area contributed by atoms with Gasteiger partial charge in [-0.1, -0.05) is 23.4 Å². The summed E-state index contributed by atoms with van der Waals surface area (Å²) in [4.78, 5) is 13.6. The first-order valence-corrected chi connectivity index (χ1v) is 10.0. The van der Waals surface area contributed by atoms with E-state index in [0.717, 1.165) is 17.2 Å². The fraction of sp³-hybridized carbons (Fsp3) is 0.0526. The number of nitrogen functional groups attached to an aromatic ring is 1. The van der Waals surface area contributed by atoms with Gasteiger partial charge in [-0.3, -0.25) is 4.79 Å². The lowest BCUT2D eigenvalue weighted by atomic mass is 10.2. The molecule has 162 valence electrons. The van der Waals surface area contributed by atoms with Crippen molar-refractivity contribution in [3.63, 3.8) is 0 Å². The molecule has 3 N–H and O–H groups in total. The summed E-state index contributed by atoms with van der Waals surface area (Å²) >= 11 is 1.43. The Kier molecular flexibility index (Phi) is 6.17. The van der Waals surface area contributed by atoms with E-state index in [9.17, 15) is 13.6 Å². The Labute approximate surface area is 183 Å². The van der Waals surface area contributed by atoms with E-state index in [1.54, 1.807) is 0 Å². The zero-order valence-corrected chi connectivity index (χ0v) is 17.0. The number of rotatable bonds is 7. The van der Waals surface area contributed by atoms with E-state index in [2.05, 4.69) is 35.8 Å². The summed E-state index contributed by atoms with van der Waals surface area (Å²) in [6.07, 6.45) is 1.05. The van der Waals surface area contributed by atoms with Gasteiger partial charge in [0.25, 0.3) is 5.91 Å². The van der Waals surface area contributed by atoms with Crippen LogP contribution in [0.1, 0.15) is 21.7 Å². The van der Waals surface area contributed by atoms with Gasteiger partial charge >= 0.3 is 0 Å². The number of anilines is 1. The number of nitrogens with zero attached hydrogens (tertiary/aromatic N) is 6. The van der Waals surface area contributed by atoms with E-state index >= 15 is 0 Å². The number of nitrogens with two attached hydrogens (primary N) is 1. The molecule has 10 nitrogen and oxygen atoms in total. The topological polar surface area (TPSA) is 137 Å². The molecule has 0 aliphatic rings. The van der Waals surface area contributed by atoms with Gasteiger partial charge in [0.15, 0.2) is 5.69 Å². The highest BCUT2D eigenvalue weighted by atomic mass is 32.2. The van der Waals surface area contributed by atoms with Gasteiger partial charge in [-0.05, 0) is 34.6 Å². The number of nitrogens with one attached hydrogen (secondary N) is 1. The molecule has 13 heteroatoms. The van der Waals surface area contributed by atoms with E-state index in [-0.39, 0.29) is 28.6 Å². The smallest absolute Gasteiger partial charge is 0.293 e. The molecule has 0 atom stereocenters. The summed E-state index contributed by atoms with van der Waals surface area (Å²) in [5.74, 6) is -1.91. The summed E-state index contributed by atoms with van der Waals surface area (Å²) in [6, 6.07) is 12.5. The molecule has 4 aromatic rings. The maximum Gasteiger partial charge on any atom is 0.293 e. The van der Waals surface area contributed by atoms with Crippen molar-refractivity contribution in [2.75, 3.05) is 5.73 Å². The van der Waals surface area contributed by atoms with Gasteiger partial charge in [0.2, 0.25) is 11.6 Å². The summed E-state index contributed by atoms with van der Waals surface area (Å²) in [5, 5.41) is 18.8. The van der Waals surface area contributed by atoms with Crippen molar-refractivity contribution in [3.8, 4) is 5.82 Å². The number of hydrogen-bond acceptors (Lipinski definition) is 9. The lowest BCUT2D eigenvalue weighted by Crippen LogP contribution is -2.20. The quantitative estimate of drug-likeness (QED) is 0.246. The van der Waals surface area contributed by atoms with Crippen LogP contribution in [-0.4, -0.2) is 37.4 Å². The minimum atomic E-state index is -0.817. The van der Waals surface area contributed by atoms with Crippen molar-refractivity contribution in [3.05, 3.63) is 77.1 Å². The van der Waals surface area contributed by atoms with Crippen LogP contribution in [0.15, 0.2) is 63.2 Å². The fourth-order valence-electron chi connectivity index (χ4n) is 2.60. The van der Waals surface area contributed by atoms with E-state index < -0.39 is 17.5 Å². The normalized spacial score (nSPS) is 11.2. The van der Waals surface area contributed by atoms with Crippen LogP contribution in [0.2, 0.25) is 0 Å². The minimum Gasteiger partial charge on any atom is -0.378 e. The average Bonchev–Trinajstić information content (AvgIpc) is 3.40. The maximum absolute atomic E-state index is 13.7. The van der Waals surface area contributed by atoms with Crippen molar-refractivity contribution in [1.82, 2.24) is 30.7 Å². The molecule has 32 heavy (non-hydrogen) atoms. The molecule has 4 rings (SSSR count). The molecule has 0 unspecified atom stereocenters. The second-order valence-corrected chi connectivity index (χ2v) is 7.29. The molecule has 0 saturated carbocycles. The third-order valence-electron chi connectivity index (χ3n) is 4.13. The van der Waals surface area contributed by atoms with E-state index in [1.165, 1.54) is 22.5 Å². The fourth-order valence-corrected chi connectivity index (χ4v) is 3.52. The van der Waals surface area contributed by atoms with E-state index in [1.807, 2.05) is 30.3 Å². The molecular weight excluding hydrogens is 442 g/mol. The Hall–Kier alpha value is -4.13. The number of amides is 1. The number of halogens is 2. The predicted octanol–water partition coefficient (Wildman–Crippen LogP) is 2.57. The highest BCUT2D eigenvalue weighted by Gasteiger charge is 2.24. The first-order chi connectivity index (χ1) is 15.5. The predicted molar refractivity (Wildman–Crippen MR) is 111 cm³/mol. The Balaban J connectivity index is 1.58. The highest BCUT2D eigenvalue weighted by Crippen LogP contribution is 2.25. The van der Waals surface area contributed by atoms with Gasteiger partial charge in [-0.15, -0.1) is 16.9 Å². The molecule has 0 radical (unpaired) electrons. The van der Waals surface area contributed by atoms with Gasteiger partial charge < -0.3 is 5.73 Å². The molecule has 0 saturated heterocycles. The lowest BCUT2D eigenvalue weighted by molar-refractivity contribution is 0.0949. The maximum atomic E-state index is 13.7. The summed E-state index contributed by atoms with van der Waals surface area (Å²) in [7, 11) is 0. The number of aromatic nitrogens is 5. The molecule has 0 aliphatic carbocycles. The molecule has 2 aromatic heterocycles. The monoisotopic (exact) mass is 456 g/mol. The Morgan fingerprint density at radius 1 is 1.22 bits per heavy atom. The standard InChI is InChI=1S/C19H14F2N8O2S/c20-12-7-6-11(14(21)8-12)9-23-25-19(30)16-15(10-32-13-4-2-1-3-5-13)29(28-24-16)18-17(22)26-31-27-18/h1-9H,10H2,(H2,22,26)(H,25,30)/b23-9-. The Morgan fingerprint density at radius 2 is 2.03 bits per heavy atom. The van der Waals surface area contributed by atoms with Crippen LogP contribution in [0, 0.1) is 11.6 Å². The highest BCUT2D eigenvalue weighted by molar-refractivity contribution is 7.98. The lowest BCUT2D eigenvalue weighted by Gasteiger charge is -2.05. The van der Waals surface area contributed by atoms with E-state index in [0.29, 0.717) is 11.8 Å². The number of benzene rings is 2. The molecule has 2 aromatic carbocycles. The molecule has 2 heterocycles. The third kappa shape index (κ3) is 4.62. The first-order valence-electron chi connectivity index (χ1n) is 9.02. The summed E-state index contributed by atoms with van der Waals surface area (Å²) < 4.78 is 32.6. The first kappa shape index (κ1) is 21.1. The van der Waals surface area contributed by atoms with Crippen molar-refractivity contribution in [1.29, 1.82) is 0 Å². The van der Waals surface area contributed by atoms with Gasteiger partial charge in [0.1, 0.15) is 11.6 Å². The van der Waals surface area contributed by atoms with Crippen LogP contribution in [0.25, 0.3) is 5.82 Å². The number of hydrogen-bond donors (Lipinski definition) is 2. The second kappa shape index (κ2) is 9.34. The second-order valence-electron chi connectivity index (χ2n) is 6.24. The van der Waals surface area contributed by atoms with Crippen LogP contribution in [0.5, 0.6) is 0 Å². The molecule has 0 spiro atoms. The van der Waals surface area contributed by atoms with Gasteiger partial charge in [0.05, 0.1) is 11.9 Å². The van der Waals surface area contributed by atoms with Gasteiger partial charge in [0, 0.05) is 22.3 Å². The third-order valence-corrected chi connectivity index (χ3v) is 5.15. The summed E-state index contributed by atoms with van der Waals surface area (Å²) in [5.41, 5.74) is 8.32. The molecule has 0 bridgehead atoms. The van der Waals surface area contributed by atoms with Crippen molar-refractivity contribution in [2.24, 2.45) is 5.10 Å². The van der Waals surface area contributed by atoms with Crippen LogP contribution in [0.4, 0.5) is 14.6 Å².